The van der Waals surface area contributed by atoms with Crippen LogP contribution in [0.3, 0.4) is 0 Å². The number of halogens is 3. The lowest BCUT2D eigenvalue weighted by Crippen LogP contribution is -2.48. The van der Waals surface area contributed by atoms with Crippen LogP contribution >= 0.6 is 0 Å². The summed E-state index contributed by atoms with van der Waals surface area (Å²) < 4.78 is 41.7. The maximum Gasteiger partial charge on any atom is 0.412 e. The van der Waals surface area contributed by atoms with E-state index in [0.29, 0.717) is 18.9 Å². The Morgan fingerprint density at radius 3 is 2.47 bits per heavy atom. The molecule has 0 aliphatic carbocycles. The molecule has 1 saturated heterocycles. The highest BCUT2D eigenvalue weighted by Crippen LogP contribution is 2.26. The van der Waals surface area contributed by atoms with Crippen LogP contribution in [-0.2, 0) is 14.3 Å². The molecule has 1 aliphatic heterocycles. The Kier molecular flexibility index (Phi) is 4.97. The van der Waals surface area contributed by atoms with E-state index in [-0.39, 0.29) is 6.54 Å². The fourth-order valence-electron chi connectivity index (χ4n) is 1.93. The number of carbonyl (C=O) groups excluding carboxylic acids is 2. The van der Waals surface area contributed by atoms with E-state index in [1.54, 1.807) is 0 Å². The molecular weight excluding hydrogens is 263 g/mol. The van der Waals surface area contributed by atoms with Crippen LogP contribution in [0.4, 0.5) is 13.2 Å². The van der Waals surface area contributed by atoms with Crippen molar-refractivity contribution in [2.45, 2.75) is 38.4 Å². The molecule has 1 amide bonds. The third-order valence-corrected chi connectivity index (χ3v) is 3.05. The van der Waals surface area contributed by atoms with Gasteiger partial charge in [-0.1, -0.05) is 0 Å². The largest absolute Gasteiger partial charge is 0.467 e. The molecule has 0 saturated carbocycles. The number of alkyl halides is 3. The molecule has 1 unspecified atom stereocenters. The highest BCUT2D eigenvalue weighted by atomic mass is 19.4. The molecule has 0 aromatic carbocycles. The Bertz CT molecular complexity index is 390. The summed E-state index contributed by atoms with van der Waals surface area (Å²) in [5.41, 5.74) is -0.980. The van der Waals surface area contributed by atoms with Crippen molar-refractivity contribution in [3.63, 3.8) is 0 Å². The number of hydrogen-bond acceptors (Lipinski definition) is 3. The molecule has 1 heterocycles. The van der Waals surface area contributed by atoms with Gasteiger partial charge in [0.15, 0.2) is 0 Å². The van der Waals surface area contributed by atoms with Gasteiger partial charge in [-0.25, -0.2) is 4.79 Å². The number of amides is 1. The van der Waals surface area contributed by atoms with Gasteiger partial charge >= 0.3 is 12.1 Å². The van der Waals surface area contributed by atoms with Gasteiger partial charge < -0.3 is 9.64 Å². The van der Waals surface area contributed by atoms with E-state index in [1.165, 1.54) is 7.11 Å². The second kappa shape index (κ2) is 6.08. The van der Waals surface area contributed by atoms with Crippen LogP contribution in [0.25, 0.3) is 0 Å². The highest BCUT2D eigenvalue weighted by Gasteiger charge is 2.35. The fraction of sp³-hybridized carbons (Fsp3) is 0.667. The van der Waals surface area contributed by atoms with Crippen LogP contribution < -0.4 is 0 Å². The minimum atomic E-state index is -4.54. The van der Waals surface area contributed by atoms with Gasteiger partial charge in [0.05, 0.1) is 7.11 Å². The number of rotatable bonds is 2. The smallest absolute Gasteiger partial charge is 0.412 e. The number of carbonyl (C=O) groups is 2. The van der Waals surface area contributed by atoms with Gasteiger partial charge in [-0.3, -0.25) is 4.79 Å². The lowest BCUT2D eigenvalue weighted by molar-refractivity contribution is -0.153. The number of piperidine rings is 1. The standard InChI is InChI=1S/C12H16F3NO3/c1-8(12(13,14)15)7-10(17)16-6-4-3-5-9(16)11(18)19-2/h7,9H,3-6H2,1-2H3. The molecule has 1 atom stereocenters. The van der Waals surface area contributed by atoms with E-state index >= 15 is 0 Å². The maximum absolute atomic E-state index is 12.4. The first-order chi connectivity index (χ1) is 8.77. The molecule has 1 aliphatic rings. The predicted molar refractivity (Wildman–Crippen MR) is 61.2 cm³/mol. The molecule has 0 radical (unpaired) electrons. The fourth-order valence-corrected chi connectivity index (χ4v) is 1.93. The number of likely N-dealkylation sites (tertiary alicyclic amines) is 1. The van der Waals surface area contributed by atoms with Gasteiger partial charge in [-0.15, -0.1) is 0 Å². The number of hydrogen-bond donors (Lipinski definition) is 0. The van der Waals surface area contributed by atoms with Crippen molar-refractivity contribution in [3.05, 3.63) is 11.6 Å². The third-order valence-electron chi connectivity index (χ3n) is 3.05. The Morgan fingerprint density at radius 1 is 1.32 bits per heavy atom. The first kappa shape index (κ1) is 15.5. The second-order valence-electron chi connectivity index (χ2n) is 4.39. The Hall–Kier alpha value is -1.53. The summed E-state index contributed by atoms with van der Waals surface area (Å²) >= 11 is 0. The molecule has 0 aromatic heterocycles. The zero-order valence-corrected chi connectivity index (χ0v) is 10.8. The van der Waals surface area contributed by atoms with Crippen LogP contribution in [0, 0.1) is 0 Å². The number of ether oxygens (including phenoxy) is 1. The van der Waals surface area contributed by atoms with Crippen molar-refractivity contribution in [1.29, 1.82) is 0 Å². The van der Waals surface area contributed by atoms with Crippen molar-refractivity contribution in [1.82, 2.24) is 4.90 Å². The monoisotopic (exact) mass is 279 g/mol. The first-order valence-electron chi connectivity index (χ1n) is 5.91. The summed E-state index contributed by atoms with van der Waals surface area (Å²) in [6.07, 6.45) is -2.19. The summed E-state index contributed by atoms with van der Waals surface area (Å²) in [6, 6.07) is -0.788. The summed E-state index contributed by atoms with van der Waals surface area (Å²) in [6.45, 7) is 1.09. The van der Waals surface area contributed by atoms with Crippen molar-refractivity contribution >= 4 is 11.9 Å². The van der Waals surface area contributed by atoms with E-state index in [2.05, 4.69) is 4.74 Å². The Balaban J connectivity index is 2.87. The van der Waals surface area contributed by atoms with E-state index in [1.807, 2.05) is 0 Å². The normalized spacial score (nSPS) is 21.2. The van der Waals surface area contributed by atoms with Crippen molar-refractivity contribution < 1.29 is 27.5 Å². The van der Waals surface area contributed by atoms with Gasteiger partial charge in [0, 0.05) is 18.2 Å². The van der Waals surface area contributed by atoms with Crippen LogP contribution in [0.15, 0.2) is 11.6 Å². The highest BCUT2D eigenvalue weighted by molar-refractivity contribution is 5.92. The van der Waals surface area contributed by atoms with E-state index < -0.39 is 29.7 Å². The van der Waals surface area contributed by atoms with E-state index in [0.717, 1.165) is 18.2 Å². The second-order valence-corrected chi connectivity index (χ2v) is 4.39. The van der Waals surface area contributed by atoms with E-state index in [9.17, 15) is 22.8 Å². The molecule has 1 rings (SSSR count). The number of methoxy groups -OCH3 is 1. The molecular formula is C12H16F3NO3. The SMILES string of the molecule is COC(=O)C1CCCCN1C(=O)C=C(C)C(F)(F)F. The minimum Gasteiger partial charge on any atom is -0.467 e. The minimum absolute atomic E-state index is 0.264. The van der Waals surface area contributed by atoms with Gasteiger partial charge in [-0.05, 0) is 26.2 Å². The summed E-state index contributed by atoms with van der Waals surface area (Å²) in [7, 11) is 1.19. The first-order valence-corrected chi connectivity index (χ1v) is 5.91. The number of esters is 1. The average molecular weight is 279 g/mol. The van der Waals surface area contributed by atoms with Gasteiger partial charge in [0.1, 0.15) is 6.04 Å². The Labute approximate surface area is 109 Å². The Morgan fingerprint density at radius 2 is 1.95 bits per heavy atom. The molecule has 108 valence electrons. The molecule has 1 fully saturated rings. The summed E-state index contributed by atoms with van der Waals surface area (Å²) in [4.78, 5) is 24.5. The lowest BCUT2D eigenvalue weighted by atomic mass is 10.0. The maximum atomic E-state index is 12.4. The van der Waals surface area contributed by atoms with Crippen LogP contribution in [0.5, 0.6) is 0 Å². The predicted octanol–water partition coefficient (Wildman–Crippen LogP) is 2.05. The van der Waals surface area contributed by atoms with Gasteiger partial charge in [0.2, 0.25) is 5.91 Å². The summed E-state index contributed by atoms with van der Waals surface area (Å²) in [5, 5.41) is 0. The quantitative estimate of drug-likeness (QED) is 0.574. The molecule has 7 heteroatoms. The third kappa shape index (κ3) is 3.97. The lowest BCUT2D eigenvalue weighted by Gasteiger charge is -2.33. The molecule has 0 bridgehead atoms. The van der Waals surface area contributed by atoms with Crippen molar-refractivity contribution in [2.24, 2.45) is 0 Å². The van der Waals surface area contributed by atoms with Crippen LogP contribution in [-0.4, -0.2) is 42.6 Å². The summed E-state index contributed by atoms with van der Waals surface area (Å²) in [5.74, 6) is -1.39. The average Bonchev–Trinajstić information content (AvgIpc) is 2.36. The van der Waals surface area contributed by atoms with Crippen molar-refractivity contribution in [2.75, 3.05) is 13.7 Å². The zero-order chi connectivity index (χ0) is 14.6. The van der Waals surface area contributed by atoms with Gasteiger partial charge in [-0.2, -0.15) is 13.2 Å². The van der Waals surface area contributed by atoms with Crippen LogP contribution in [0.1, 0.15) is 26.2 Å². The zero-order valence-electron chi connectivity index (χ0n) is 10.8. The molecule has 19 heavy (non-hydrogen) atoms. The molecule has 4 nitrogen and oxygen atoms in total. The number of allylic oxidation sites excluding steroid dienone is 1. The number of nitrogens with zero attached hydrogens (tertiary/aromatic N) is 1. The van der Waals surface area contributed by atoms with Crippen molar-refractivity contribution in [3.8, 4) is 0 Å². The molecule has 0 aromatic rings. The van der Waals surface area contributed by atoms with Gasteiger partial charge in [0.25, 0.3) is 0 Å². The van der Waals surface area contributed by atoms with E-state index in [4.69, 9.17) is 0 Å². The molecule has 0 N–H and O–H groups in total. The van der Waals surface area contributed by atoms with Crippen LogP contribution in [0.2, 0.25) is 0 Å². The topological polar surface area (TPSA) is 46.6 Å². The molecule has 0 spiro atoms.